The standard InChI is InChI=1S/C19H28N4O/c1-3-20-19(22-17-11-14(17)2)21-12-15-7-4-5-8-16(15)13-23-10-6-9-18(23)24/h4-5,7-8,14,17H,3,6,9-13H2,1-2H3,(H2,20,21,22). The maximum absolute atomic E-state index is 11.9. The Hall–Kier alpha value is -2.04. The van der Waals surface area contributed by atoms with Crippen LogP contribution in [0.1, 0.15) is 44.2 Å². The van der Waals surface area contributed by atoms with E-state index in [1.54, 1.807) is 0 Å². The van der Waals surface area contributed by atoms with Gasteiger partial charge in [-0.3, -0.25) is 4.79 Å². The molecule has 0 aromatic heterocycles. The molecule has 1 aromatic carbocycles. The average Bonchev–Trinajstić information content (AvgIpc) is 3.11. The van der Waals surface area contributed by atoms with E-state index in [4.69, 9.17) is 4.99 Å². The number of carbonyl (C=O) groups excluding carboxylic acids is 1. The number of hydrogen-bond donors (Lipinski definition) is 2. The maximum Gasteiger partial charge on any atom is 0.222 e. The second kappa shape index (κ2) is 7.69. The van der Waals surface area contributed by atoms with Crippen molar-refractivity contribution in [3.63, 3.8) is 0 Å². The van der Waals surface area contributed by atoms with Crippen LogP contribution in [0.15, 0.2) is 29.3 Å². The molecule has 0 spiro atoms. The molecular formula is C19H28N4O. The SMILES string of the molecule is CCNC(=NCc1ccccc1CN1CCCC1=O)NC1CC1C. The quantitative estimate of drug-likeness (QED) is 0.622. The van der Waals surface area contributed by atoms with Crippen molar-refractivity contribution in [3.05, 3.63) is 35.4 Å². The van der Waals surface area contributed by atoms with Crippen LogP contribution in [0.2, 0.25) is 0 Å². The Balaban J connectivity index is 1.66. The summed E-state index contributed by atoms with van der Waals surface area (Å²) in [5, 5.41) is 6.80. The molecule has 1 saturated heterocycles. The average molecular weight is 328 g/mol. The normalized spacial score (nSPS) is 23.5. The van der Waals surface area contributed by atoms with Crippen molar-refractivity contribution >= 4 is 11.9 Å². The molecule has 3 rings (SSSR count). The monoisotopic (exact) mass is 328 g/mol. The van der Waals surface area contributed by atoms with Crippen molar-refractivity contribution in [2.45, 2.75) is 52.2 Å². The van der Waals surface area contributed by atoms with Crippen LogP contribution in [0.4, 0.5) is 0 Å². The van der Waals surface area contributed by atoms with Crippen LogP contribution in [-0.2, 0) is 17.9 Å². The molecule has 1 heterocycles. The van der Waals surface area contributed by atoms with Crippen LogP contribution < -0.4 is 10.6 Å². The van der Waals surface area contributed by atoms with E-state index in [2.05, 4.69) is 36.6 Å². The van der Waals surface area contributed by atoms with Crippen molar-refractivity contribution in [1.82, 2.24) is 15.5 Å². The van der Waals surface area contributed by atoms with Gasteiger partial charge in [-0.2, -0.15) is 0 Å². The van der Waals surface area contributed by atoms with Crippen LogP contribution in [-0.4, -0.2) is 35.9 Å². The lowest BCUT2D eigenvalue weighted by Crippen LogP contribution is -2.39. The first-order valence-corrected chi connectivity index (χ1v) is 9.06. The van der Waals surface area contributed by atoms with E-state index in [1.807, 2.05) is 17.0 Å². The second-order valence-electron chi connectivity index (χ2n) is 6.85. The van der Waals surface area contributed by atoms with E-state index in [1.165, 1.54) is 17.5 Å². The fraction of sp³-hybridized carbons (Fsp3) is 0.579. The van der Waals surface area contributed by atoms with Crippen LogP contribution in [0, 0.1) is 5.92 Å². The summed E-state index contributed by atoms with van der Waals surface area (Å²) >= 11 is 0. The van der Waals surface area contributed by atoms with Crippen LogP contribution in [0.5, 0.6) is 0 Å². The minimum atomic E-state index is 0.269. The number of guanidine groups is 1. The number of rotatable bonds is 6. The zero-order valence-electron chi connectivity index (χ0n) is 14.7. The largest absolute Gasteiger partial charge is 0.357 e. The molecule has 2 aliphatic rings. The van der Waals surface area contributed by atoms with Gasteiger partial charge in [-0.25, -0.2) is 4.99 Å². The number of carbonyl (C=O) groups is 1. The van der Waals surface area contributed by atoms with E-state index in [-0.39, 0.29) is 5.91 Å². The van der Waals surface area contributed by atoms with Gasteiger partial charge in [0.2, 0.25) is 5.91 Å². The summed E-state index contributed by atoms with van der Waals surface area (Å²) in [5.41, 5.74) is 2.39. The zero-order chi connectivity index (χ0) is 16.9. The van der Waals surface area contributed by atoms with E-state index in [0.29, 0.717) is 25.6 Å². The number of benzene rings is 1. The van der Waals surface area contributed by atoms with Gasteiger partial charge < -0.3 is 15.5 Å². The third-order valence-corrected chi connectivity index (χ3v) is 4.83. The van der Waals surface area contributed by atoms with E-state index in [9.17, 15) is 4.79 Å². The van der Waals surface area contributed by atoms with Gasteiger partial charge in [-0.1, -0.05) is 31.2 Å². The predicted octanol–water partition coefficient (Wildman–Crippen LogP) is 2.27. The smallest absolute Gasteiger partial charge is 0.222 e. The lowest BCUT2D eigenvalue weighted by Gasteiger charge is -2.18. The summed E-state index contributed by atoms with van der Waals surface area (Å²) in [6.45, 7) is 7.41. The van der Waals surface area contributed by atoms with Crippen molar-refractivity contribution in [2.24, 2.45) is 10.9 Å². The molecule has 2 atom stereocenters. The molecule has 1 amide bonds. The minimum absolute atomic E-state index is 0.269. The lowest BCUT2D eigenvalue weighted by molar-refractivity contribution is -0.128. The molecule has 1 aromatic rings. The van der Waals surface area contributed by atoms with Crippen LogP contribution in [0.25, 0.3) is 0 Å². The molecule has 130 valence electrons. The summed E-state index contributed by atoms with van der Waals surface area (Å²) in [4.78, 5) is 18.6. The Kier molecular flexibility index (Phi) is 5.38. The van der Waals surface area contributed by atoms with Gasteiger partial charge in [0.15, 0.2) is 5.96 Å². The fourth-order valence-electron chi connectivity index (χ4n) is 3.13. The highest BCUT2D eigenvalue weighted by molar-refractivity contribution is 5.80. The third-order valence-electron chi connectivity index (χ3n) is 4.83. The molecule has 24 heavy (non-hydrogen) atoms. The zero-order valence-corrected chi connectivity index (χ0v) is 14.7. The molecule has 5 nitrogen and oxygen atoms in total. The number of aliphatic imine (C=N–C) groups is 1. The predicted molar refractivity (Wildman–Crippen MR) is 96.6 cm³/mol. The van der Waals surface area contributed by atoms with E-state index < -0.39 is 0 Å². The van der Waals surface area contributed by atoms with Gasteiger partial charge in [0.1, 0.15) is 0 Å². The molecule has 1 aliphatic carbocycles. The molecule has 2 fully saturated rings. The van der Waals surface area contributed by atoms with Gasteiger partial charge in [0, 0.05) is 32.1 Å². The molecule has 1 aliphatic heterocycles. The summed E-state index contributed by atoms with van der Waals surface area (Å²) in [7, 11) is 0. The summed E-state index contributed by atoms with van der Waals surface area (Å²) in [6, 6.07) is 8.87. The number of likely N-dealkylation sites (tertiary alicyclic amines) is 1. The number of amides is 1. The summed E-state index contributed by atoms with van der Waals surface area (Å²) < 4.78 is 0. The number of nitrogens with zero attached hydrogens (tertiary/aromatic N) is 2. The molecule has 1 saturated carbocycles. The van der Waals surface area contributed by atoms with E-state index >= 15 is 0 Å². The molecule has 2 N–H and O–H groups in total. The Morgan fingerprint density at radius 1 is 1.33 bits per heavy atom. The molecule has 5 heteroatoms. The lowest BCUT2D eigenvalue weighted by atomic mass is 10.1. The Labute approximate surface area is 144 Å². The molecular weight excluding hydrogens is 300 g/mol. The first kappa shape index (κ1) is 16.8. The second-order valence-corrected chi connectivity index (χ2v) is 6.85. The third kappa shape index (κ3) is 4.28. The van der Waals surface area contributed by atoms with Gasteiger partial charge in [0.05, 0.1) is 6.54 Å². The number of nitrogens with one attached hydrogen (secondary N) is 2. The van der Waals surface area contributed by atoms with Crippen LogP contribution in [0.3, 0.4) is 0 Å². The molecule has 0 bridgehead atoms. The van der Waals surface area contributed by atoms with Gasteiger partial charge in [-0.05, 0) is 36.8 Å². The van der Waals surface area contributed by atoms with Crippen molar-refractivity contribution in [1.29, 1.82) is 0 Å². The minimum Gasteiger partial charge on any atom is -0.357 e. The highest BCUT2D eigenvalue weighted by atomic mass is 16.2. The number of hydrogen-bond acceptors (Lipinski definition) is 2. The Bertz CT molecular complexity index is 613. The van der Waals surface area contributed by atoms with Gasteiger partial charge >= 0.3 is 0 Å². The summed E-state index contributed by atoms with van der Waals surface area (Å²) in [6.07, 6.45) is 2.89. The van der Waals surface area contributed by atoms with Gasteiger partial charge in [0.25, 0.3) is 0 Å². The first-order valence-electron chi connectivity index (χ1n) is 9.06. The highest BCUT2D eigenvalue weighted by Gasteiger charge is 2.33. The Morgan fingerprint density at radius 3 is 2.71 bits per heavy atom. The first-order chi connectivity index (χ1) is 11.7. The van der Waals surface area contributed by atoms with Crippen LogP contribution >= 0.6 is 0 Å². The molecule has 2 unspecified atom stereocenters. The fourth-order valence-corrected chi connectivity index (χ4v) is 3.13. The molecule has 0 radical (unpaired) electrons. The topological polar surface area (TPSA) is 56.7 Å². The van der Waals surface area contributed by atoms with Crippen molar-refractivity contribution in [2.75, 3.05) is 13.1 Å². The van der Waals surface area contributed by atoms with E-state index in [0.717, 1.165) is 31.4 Å². The summed E-state index contributed by atoms with van der Waals surface area (Å²) in [5.74, 6) is 1.90. The highest BCUT2D eigenvalue weighted by Crippen LogP contribution is 2.28. The van der Waals surface area contributed by atoms with Gasteiger partial charge in [-0.15, -0.1) is 0 Å². The van der Waals surface area contributed by atoms with Crippen molar-refractivity contribution in [3.8, 4) is 0 Å². The van der Waals surface area contributed by atoms with Crippen molar-refractivity contribution < 1.29 is 4.79 Å². The maximum atomic E-state index is 11.9. The Morgan fingerprint density at radius 2 is 2.08 bits per heavy atom.